The molecule has 0 unspecified atom stereocenters. The number of fused-ring (bicyclic) bond motifs is 1. The van der Waals surface area contributed by atoms with Gasteiger partial charge in [0, 0.05) is 71.3 Å². The predicted molar refractivity (Wildman–Crippen MR) is 219 cm³/mol. The second-order valence-corrected chi connectivity index (χ2v) is 15.0. The summed E-state index contributed by atoms with van der Waals surface area (Å²) in [4.78, 5) is 22.9. The van der Waals surface area contributed by atoms with Crippen LogP contribution in [0.1, 0.15) is 62.6 Å². The van der Waals surface area contributed by atoms with Crippen LogP contribution in [0, 0.1) is 5.92 Å². The van der Waals surface area contributed by atoms with Crippen molar-refractivity contribution >= 4 is 46.0 Å². The zero-order chi connectivity index (χ0) is 39.1. The maximum Gasteiger partial charge on any atom is 0.306 e. The van der Waals surface area contributed by atoms with Crippen LogP contribution in [0.3, 0.4) is 0 Å². The highest BCUT2D eigenvalue weighted by atomic mass is 35.5. The van der Waals surface area contributed by atoms with Gasteiger partial charge in [-0.25, -0.2) is 0 Å². The van der Waals surface area contributed by atoms with Crippen LogP contribution < -0.4 is 25.4 Å². The van der Waals surface area contributed by atoms with E-state index in [4.69, 9.17) is 37.8 Å². The van der Waals surface area contributed by atoms with E-state index in [-0.39, 0.29) is 23.9 Å². The Labute approximate surface area is 332 Å². The Kier molecular flexibility index (Phi) is 13.4. The number of carbonyl (C=O) groups excluding carboxylic acids is 1. The number of carbonyl (C=O) groups is 2. The Morgan fingerprint density at radius 1 is 0.891 bits per heavy atom. The zero-order valence-corrected chi connectivity index (χ0v) is 33.3. The van der Waals surface area contributed by atoms with E-state index in [0.717, 1.165) is 80.6 Å². The third-order valence-electron chi connectivity index (χ3n) is 10.6. The molecule has 1 saturated carbocycles. The largest absolute Gasteiger partial charge is 0.496 e. The number of methoxy groups -OCH3 is 2. The molecule has 10 nitrogen and oxygen atoms in total. The molecule has 1 atom stereocenters. The van der Waals surface area contributed by atoms with Gasteiger partial charge in [-0.3, -0.25) is 14.3 Å². The van der Waals surface area contributed by atoms with Crippen molar-refractivity contribution in [3.8, 4) is 33.8 Å². The maximum atomic E-state index is 11.5. The quantitative estimate of drug-likeness (QED) is 0.0785. The van der Waals surface area contributed by atoms with Gasteiger partial charge in [-0.05, 0) is 73.1 Å². The van der Waals surface area contributed by atoms with Crippen molar-refractivity contribution in [1.29, 1.82) is 0 Å². The zero-order valence-electron chi connectivity index (χ0n) is 31.8. The predicted octanol–water partition coefficient (Wildman–Crippen LogP) is 8.48. The number of aromatic nitrogens is 2. The minimum absolute atomic E-state index is 0.0344. The van der Waals surface area contributed by atoms with E-state index in [1.54, 1.807) is 14.2 Å². The number of carboxylic acid groups (broad SMARTS) is 1. The van der Waals surface area contributed by atoms with E-state index in [9.17, 15) is 14.7 Å². The summed E-state index contributed by atoms with van der Waals surface area (Å²) in [5, 5.41) is 26.3. The third kappa shape index (κ3) is 9.44. The Balaban J connectivity index is 1.19. The van der Waals surface area contributed by atoms with Gasteiger partial charge < -0.3 is 30.5 Å². The van der Waals surface area contributed by atoms with Crippen LogP contribution >= 0.6 is 23.2 Å². The molecular weight excluding hydrogens is 737 g/mol. The molecule has 1 heterocycles. The molecule has 1 amide bonds. The fourth-order valence-corrected chi connectivity index (χ4v) is 8.08. The summed E-state index contributed by atoms with van der Waals surface area (Å²) in [6, 6.07) is 22.5. The highest BCUT2D eigenvalue weighted by Crippen LogP contribution is 2.40. The van der Waals surface area contributed by atoms with Gasteiger partial charge in [0.2, 0.25) is 5.91 Å². The Morgan fingerprint density at radius 3 is 2.31 bits per heavy atom. The van der Waals surface area contributed by atoms with Crippen molar-refractivity contribution in [2.45, 2.75) is 77.7 Å². The number of ether oxygens (including phenoxy) is 2. The van der Waals surface area contributed by atoms with Gasteiger partial charge in [0.25, 0.3) is 0 Å². The van der Waals surface area contributed by atoms with Gasteiger partial charge in [-0.1, -0.05) is 72.6 Å². The summed E-state index contributed by atoms with van der Waals surface area (Å²) in [6.07, 6.45) is 5.74. The molecule has 0 radical (unpaired) electrons. The molecule has 55 heavy (non-hydrogen) atoms. The number of carboxylic acids is 1. The molecule has 0 spiro atoms. The highest BCUT2D eigenvalue weighted by molar-refractivity contribution is 6.36. The maximum absolute atomic E-state index is 11.5. The fourth-order valence-electron chi connectivity index (χ4n) is 7.50. The first-order valence-corrected chi connectivity index (χ1v) is 19.6. The van der Waals surface area contributed by atoms with E-state index in [2.05, 4.69) is 35.0 Å². The van der Waals surface area contributed by atoms with Gasteiger partial charge in [-0.2, -0.15) is 5.10 Å². The minimum Gasteiger partial charge on any atom is -0.496 e. The van der Waals surface area contributed by atoms with Gasteiger partial charge in [-0.15, -0.1) is 0 Å². The standard InChI is InChI=1S/C43H49Cl2N5O5/c1-5-32(49-26(2)51)23-46-21-29-13-12-28(19-40(29)54-3)34-8-6-10-36(42(34)45)35-9-7-11-39-37(35)24-48-50(39)25-31-20-41(55-4)30(18-38(31)44)22-47-33-16-14-27(15-17-33)43(52)53/h6-13,18-20,24,27,32-33,46-47H,5,14-17,21-23,25H2,1-4H3,(H,49,51)(H,52,53)/t27?,32-,33?/m0/s1. The Hall–Kier alpha value is -4.61. The lowest BCUT2D eigenvalue weighted by Crippen LogP contribution is -2.40. The van der Waals surface area contributed by atoms with Crippen LogP contribution in [-0.2, 0) is 29.2 Å². The smallest absolute Gasteiger partial charge is 0.306 e. The van der Waals surface area contributed by atoms with Gasteiger partial charge in [0.1, 0.15) is 11.5 Å². The van der Waals surface area contributed by atoms with E-state index in [0.29, 0.717) is 49.1 Å². The first-order chi connectivity index (χ1) is 26.6. The molecule has 1 aromatic heterocycles. The van der Waals surface area contributed by atoms with Gasteiger partial charge >= 0.3 is 5.97 Å². The molecule has 5 aromatic rings. The summed E-state index contributed by atoms with van der Waals surface area (Å²) >= 11 is 14.1. The number of aliphatic carboxylic acids is 1. The summed E-state index contributed by atoms with van der Waals surface area (Å²) in [7, 11) is 3.32. The number of hydrogen-bond donors (Lipinski definition) is 4. The lowest BCUT2D eigenvalue weighted by molar-refractivity contribution is -0.142. The van der Waals surface area contributed by atoms with Crippen LogP contribution in [0.25, 0.3) is 33.2 Å². The minimum atomic E-state index is -0.701. The van der Waals surface area contributed by atoms with Crippen molar-refractivity contribution in [3.05, 3.63) is 99.7 Å². The monoisotopic (exact) mass is 785 g/mol. The number of nitrogens with one attached hydrogen (secondary N) is 3. The van der Waals surface area contributed by atoms with Crippen molar-refractivity contribution in [3.63, 3.8) is 0 Å². The summed E-state index contributed by atoms with van der Waals surface area (Å²) in [6.45, 7) is 5.86. The molecule has 6 rings (SSSR count). The van der Waals surface area contributed by atoms with Crippen LogP contribution in [0.5, 0.6) is 11.5 Å². The van der Waals surface area contributed by atoms with Crippen LogP contribution in [-0.4, -0.2) is 59.6 Å². The first kappa shape index (κ1) is 40.1. The average molecular weight is 787 g/mol. The summed E-state index contributed by atoms with van der Waals surface area (Å²) in [5.41, 5.74) is 7.47. The molecular formula is C43H49Cl2N5O5. The molecule has 4 aromatic carbocycles. The number of nitrogens with zero attached hydrogens (tertiary/aromatic N) is 2. The molecule has 1 aliphatic carbocycles. The molecule has 0 bridgehead atoms. The lowest BCUT2D eigenvalue weighted by Gasteiger charge is -2.27. The molecule has 4 N–H and O–H groups in total. The van der Waals surface area contributed by atoms with Crippen molar-refractivity contribution < 1.29 is 24.2 Å². The number of benzene rings is 4. The van der Waals surface area contributed by atoms with Crippen molar-refractivity contribution in [2.75, 3.05) is 20.8 Å². The SMILES string of the molecule is CC[C@@H](CNCc1ccc(-c2cccc(-c3cccc4c3cnn4Cc3cc(OC)c(CNC4CCC(C(=O)O)CC4)cc3Cl)c2Cl)cc1OC)NC(C)=O. The average Bonchev–Trinajstić information content (AvgIpc) is 3.60. The lowest BCUT2D eigenvalue weighted by atomic mass is 9.86. The number of hydrogen-bond acceptors (Lipinski definition) is 7. The number of rotatable bonds is 16. The molecule has 12 heteroatoms. The highest BCUT2D eigenvalue weighted by Gasteiger charge is 2.26. The first-order valence-electron chi connectivity index (χ1n) is 18.8. The molecule has 0 saturated heterocycles. The molecule has 1 fully saturated rings. The second kappa shape index (κ2) is 18.3. The number of halogens is 2. The Bertz CT molecular complexity index is 2150. The number of amides is 1. The van der Waals surface area contributed by atoms with Gasteiger partial charge in [0.05, 0.1) is 43.4 Å². The van der Waals surface area contributed by atoms with Crippen molar-refractivity contribution in [1.82, 2.24) is 25.7 Å². The van der Waals surface area contributed by atoms with E-state index in [1.807, 2.05) is 65.5 Å². The van der Waals surface area contributed by atoms with Crippen LogP contribution in [0.15, 0.2) is 72.9 Å². The van der Waals surface area contributed by atoms with Gasteiger partial charge in [0.15, 0.2) is 0 Å². The Morgan fingerprint density at radius 2 is 1.60 bits per heavy atom. The summed E-state index contributed by atoms with van der Waals surface area (Å²) in [5.74, 6) is 0.506. The van der Waals surface area contributed by atoms with Crippen LogP contribution in [0.2, 0.25) is 10.0 Å². The fraction of sp³-hybridized carbons (Fsp3) is 0.372. The third-order valence-corrected chi connectivity index (χ3v) is 11.4. The molecule has 1 aliphatic rings. The topological polar surface area (TPSA) is 127 Å². The van der Waals surface area contributed by atoms with E-state index in [1.165, 1.54) is 6.92 Å². The van der Waals surface area contributed by atoms with E-state index < -0.39 is 5.97 Å². The van der Waals surface area contributed by atoms with E-state index >= 15 is 0 Å². The second-order valence-electron chi connectivity index (χ2n) is 14.2. The van der Waals surface area contributed by atoms with Crippen LogP contribution in [0.4, 0.5) is 0 Å². The van der Waals surface area contributed by atoms with Crippen molar-refractivity contribution in [2.24, 2.45) is 5.92 Å². The molecule has 0 aliphatic heterocycles. The molecule has 290 valence electrons. The summed E-state index contributed by atoms with van der Waals surface area (Å²) < 4.78 is 13.5. The normalized spacial score (nSPS) is 16.2.